The lowest BCUT2D eigenvalue weighted by molar-refractivity contribution is 0.378. The molecule has 1 aliphatic rings. The highest BCUT2D eigenvalue weighted by molar-refractivity contribution is 5.47. The maximum Gasteiger partial charge on any atom is 0.193 e. The molecule has 0 atom stereocenters. The fourth-order valence-corrected chi connectivity index (χ4v) is 2.50. The van der Waals surface area contributed by atoms with Gasteiger partial charge in [-0.25, -0.2) is 0 Å². The van der Waals surface area contributed by atoms with Crippen molar-refractivity contribution in [1.29, 1.82) is 0 Å². The average molecular weight is 283 g/mol. The molecule has 0 aromatic carbocycles. The van der Waals surface area contributed by atoms with Gasteiger partial charge in [-0.15, -0.1) is 0 Å². The maximum atomic E-state index is 12.9. The number of hydrogen-bond donors (Lipinski definition) is 0. The molecule has 0 fully saturated rings. The van der Waals surface area contributed by atoms with E-state index < -0.39 is 0 Å². The van der Waals surface area contributed by atoms with E-state index in [0.717, 1.165) is 16.1 Å². The van der Waals surface area contributed by atoms with E-state index in [-0.39, 0.29) is 16.4 Å². The molecule has 1 heterocycles. The van der Waals surface area contributed by atoms with Crippen molar-refractivity contribution in [3.05, 3.63) is 56.9 Å². The van der Waals surface area contributed by atoms with Gasteiger partial charge in [-0.3, -0.25) is 4.79 Å². The highest BCUT2D eigenvalue weighted by Crippen LogP contribution is 2.19. The van der Waals surface area contributed by atoms with Crippen molar-refractivity contribution in [2.45, 2.75) is 52.5 Å². The zero-order valence-corrected chi connectivity index (χ0v) is 13.9. The van der Waals surface area contributed by atoms with Crippen molar-refractivity contribution < 1.29 is 0 Å². The summed E-state index contributed by atoms with van der Waals surface area (Å²) >= 11 is 0. The Balaban J connectivity index is 3.05. The summed E-state index contributed by atoms with van der Waals surface area (Å²) in [4.78, 5) is 12.9. The molecule has 1 aromatic heterocycles. The third-order valence-electron chi connectivity index (χ3n) is 3.66. The second-order valence-corrected chi connectivity index (χ2v) is 7.56. The zero-order chi connectivity index (χ0) is 15.8. The summed E-state index contributed by atoms with van der Waals surface area (Å²) in [5, 5.41) is 1.75. The molecule has 1 aromatic rings. The summed E-state index contributed by atoms with van der Waals surface area (Å²) in [6.07, 6.45) is 13.8. The molecule has 112 valence electrons. The summed E-state index contributed by atoms with van der Waals surface area (Å²) in [5.74, 6) is 0. The zero-order valence-electron chi connectivity index (χ0n) is 13.9. The van der Waals surface area contributed by atoms with Crippen LogP contribution in [0, 0.1) is 0 Å². The van der Waals surface area contributed by atoms with Crippen LogP contribution in [-0.4, -0.2) is 4.57 Å². The van der Waals surface area contributed by atoms with Crippen LogP contribution in [0.3, 0.4) is 0 Å². The number of pyridine rings is 1. The van der Waals surface area contributed by atoms with E-state index in [0.29, 0.717) is 0 Å². The van der Waals surface area contributed by atoms with Crippen molar-refractivity contribution in [3.63, 3.8) is 0 Å². The van der Waals surface area contributed by atoms with E-state index >= 15 is 0 Å². The quantitative estimate of drug-likeness (QED) is 0.717. The van der Waals surface area contributed by atoms with E-state index in [1.807, 2.05) is 42.7 Å². The Morgan fingerprint density at radius 3 is 1.95 bits per heavy atom. The summed E-state index contributed by atoms with van der Waals surface area (Å²) in [6, 6.07) is 0. The molecule has 2 nitrogen and oxygen atoms in total. The van der Waals surface area contributed by atoms with Crippen molar-refractivity contribution in [2.24, 2.45) is 0 Å². The first-order valence-corrected chi connectivity index (χ1v) is 7.44. The predicted octanol–water partition coefficient (Wildman–Crippen LogP) is 2.59. The van der Waals surface area contributed by atoms with Gasteiger partial charge in [0.15, 0.2) is 5.43 Å². The molecule has 0 saturated heterocycles. The average Bonchev–Trinajstić information content (AvgIpc) is 2.27. The fourth-order valence-electron chi connectivity index (χ4n) is 2.50. The number of allylic oxidation sites excluding steroid dienone is 4. The highest BCUT2D eigenvalue weighted by Gasteiger charge is 2.22. The number of hydrogen-bond acceptors (Lipinski definition) is 1. The first-order valence-electron chi connectivity index (χ1n) is 7.44. The minimum absolute atomic E-state index is 0.0844. The lowest BCUT2D eigenvalue weighted by atomic mass is 9.87. The van der Waals surface area contributed by atoms with Gasteiger partial charge in [0, 0.05) is 22.5 Å². The van der Waals surface area contributed by atoms with Crippen LogP contribution < -0.4 is 16.0 Å². The molecule has 0 aliphatic heterocycles. The van der Waals surface area contributed by atoms with E-state index in [1.54, 1.807) is 0 Å². The Bertz CT molecular complexity index is 775. The topological polar surface area (TPSA) is 22.0 Å². The number of nitrogens with zero attached hydrogens (tertiary/aromatic N) is 1. The van der Waals surface area contributed by atoms with Crippen LogP contribution in [0.4, 0.5) is 0 Å². The van der Waals surface area contributed by atoms with Crippen molar-refractivity contribution in [2.75, 3.05) is 0 Å². The smallest absolute Gasteiger partial charge is 0.193 e. The van der Waals surface area contributed by atoms with Gasteiger partial charge in [0.1, 0.15) is 0 Å². The van der Waals surface area contributed by atoms with Gasteiger partial charge in [0.05, 0.1) is 5.35 Å². The third kappa shape index (κ3) is 3.10. The normalized spacial score (nSPS) is 21.0. The molecule has 0 spiro atoms. The molecule has 0 bridgehead atoms. The van der Waals surface area contributed by atoms with Crippen LogP contribution in [0.5, 0.6) is 0 Å². The van der Waals surface area contributed by atoms with Crippen LogP contribution >= 0.6 is 0 Å². The van der Waals surface area contributed by atoms with E-state index in [2.05, 4.69) is 46.1 Å². The monoisotopic (exact) mass is 283 g/mol. The summed E-state index contributed by atoms with van der Waals surface area (Å²) in [6.45, 7) is 12.8. The van der Waals surface area contributed by atoms with E-state index in [4.69, 9.17) is 0 Å². The van der Waals surface area contributed by atoms with Gasteiger partial charge in [0.25, 0.3) is 0 Å². The summed E-state index contributed by atoms with van der Waals surface area (Å²) in [5.41, 5.74) is 0.737. The SMILES string of the molecule is CC(C)(C)c1cn(C(C)(C)C)c2/c(c1=O)=C\C=C/C=C\C=2. The number of fused-ring (bicyclic) bond motifs is 1. The third-order valence-corrected chi connectivity index (χ3v) is 3.66. The Morgan fingerprint density at radius 2 is 1.43 bits per heavy atom. The molecule has 1 aliphatic carbocycles. The lowest BCUT2D eigenvalue weighted by Crippen LogP contribution is -2.52. The minimum Gasteiger partial charge on any atom is -0.342 e. The number of aromatic nitrogens is 1. The Labute approximate surface area is 126 Å². The van der Waals surface area contributed by atoms with Gasteiger partial charge >= 0.3 is 0 Å². The van der Waals surface area contributed by atoms with Crippen LogP contribution in [0.15, 0.2) is 35.3 Å². The second kappa shape index (κ2) is 5.18. The second-order valence-electron chi connectivity index (χ2n) is 7.56. The van der Waals surface area contributed by atoms with Crippen LogP contribution in [0.1, 0.15) is 47.1 Å². The Kier molecular flexibility index (Phi) is 3.83. The van der Waals surface area contributed by atoms with Gasteiger partial charge < -0.3 is 4.57 Å². The summed E-state index contributed by atoms with van der Waals surface area (Å²) in [7, 11) is 0. The lowest BCUT2D eigenvalue weighted by Gasteiger charge is -2.28. The van der Waals surface area contributed by atoms with E-state index in [1.165, 1.54) is 0 Å². The molecular weight excluding hydrogens is 258 g/mol. The molecule has 0 saturated carbocycles. The van der Waals surface area contributed by atoms with Crippen LogP contribution in [0.25, 0.3) is 12.2 Å². The molecule has 0 N–H and O–H groups in total. The van der Waals surface area contributed by atoms with Crippen molar-refractivity contribution >= 4 is 12.2 Å². The van der Waals surface area contributed by atoms with Crippen molar-refractivity contribution in [1.82, 2.24) is 4.57 Å². The van der Waals surface area contributed by atoms with Crippen molar-refractivity contribution in [3.8, 4) is 0 Å². The van der Waals surface area contributed by atoms with Gasteiger partial charge in [-0.1, -0.05) is 45.1 Å². The van der Waals surface area contributed by atoms with Crippen LogP contribution in [0.2, 0.25) is 0 Å². The fraction of sp³-hybridized carbons (Fsp3) is 0.421. The molecular formula is C19H25NO. The standard InChI is InChI=1S/C19H25NO/c1-18(2,3)15-13-20(19(4,5)6)16-12-10-8-7-9-11-14(16)17(15)21/h7-13H,1-6H3/b8-7?,9-7-,10-8-,11-9?,12-10?,14-11+,16-12+. The Hall–Kier alpha value is -1.83. The molecule has 0 amide bonds. The van der Waals surface area contributed by atoms with Gasteiger partial charge in [0.2, 0.25) is 0 Å². The largest absolute Gasteiger partial charge is 0.342 e. The molecule has 2 heteroatoms. The van der Waals surface area contributed by atoms with Gasteiger partial charge in [-0.05, 0) is 38.3 Å². The van der Waals surface area contributed by atoms with Gasteiger partial charge in [-0.2, -0.15) is 0 Å². The van der Waals surface area contributed by atoms with Crippen LogP contribution in [-0.2, 0) is 11.0 Å². The van der Waals surface area contributed by atoms with E-state index in [9.17, 15) is 4.79 Å². The molecule has 21 heavy (non-hydrogen) atoms. The highest BCUT2D eigenvalue weighted by atomic mass is 16.1. The first-order chi connectivity index (χ1) is 9.62. The predicted molar refractivity (Wildman–Crippen MR) is 90.9 cm³/mol. The molecule has 0 radical (unpaired) electrons. The summed E-state index contributed by atoms with van der Waals surface area (Å²) < 4.78 is 2.21. The molecule has 2 rings (SSSR count). The maximum absolute atomic E-state index is 12.9. The first kappa shape index (κ1) is 15.6. The molecule has 0 unspecified atom stereocenters. The number of rotatable bonds is 0. The Morgan fingerprint density at radius 1 is 0.857 bits per heavy atom. The minimum atomic E-state index is -0.172.